The first-order valence-electron chi connectivity index (χ1n) is 15.1. The number of aliphatic carboxylic acids is 1. The lowest BCUT2D eigenvalue weighted by Gasteiger charge is -2.70. The predicted octanol–water partition coefficient (Wildman–Crippen LogP) is 6.47. The zero-order valence-electron chi connectivity index (χ0n) is 26.4. The second-order valence-electron chi connectivity index (χ2n) is 14.9. The van der Waals surface area contributed by atoms with Gasteiger partial charge in [-0.05, 0) is 98.1 Å². The highest BCUT2D eigenvalue weighted by molar-refractivity contribution is 7.86. The van der Waals surface area contributed by atoms with Crippen LogP contribution in [0, 0.1) is 34.5 Å². The van der Waals surface area contributed by atoms with E-state index >= 15 is 0 Å². The fraction of sp³-hybridized carbons (Fsp3) is 0.667. The maximum Gasteiger partial charge on any atom is 0.309 e. The number of ether oxygens (including phenoxy) is 2. The van der Waals surface area contributed by atoms with E-state index in [0.717, 1.165) is 31.3 Å². The topological polar surface area (TPSA) is 144 Å². The number of hydrogen-bond acceptors (Lipinski definition) is 7. The van der Waals surface area contributed by atoms with Crippen molar-refractivity contribution < 1.29 is 41.9 Å². The van der Waals surface area contributed by atoms with Gasteiger partial charge in [0.15, 0.2) is 11.5 Å². The molecule has 0 saturated heterocycles. The van der Waals surface area contributed by atoms with E-state index in [0.29, 0.717) is 36.0 Å². The molecule has 0 bridgehead atoms. The molecule has 1 aromatic carbocycles. The summed E-state index contributed by atoms with van der Waals surface area (Å²) in [5.74, 6) is -2.00. The van der Waals surface area contributed by atoms with Crippen molar-refractivity contribution in [2.75, 3.05) is 0 Å². The van der Waals surface area contributed by atoms with E-state index in [-0.39, 0.29) is 28.2 Å². The molecule has 4 aliphatic rings. The predicted molar refractivity (Wildman–Crippen MR) is 159 cm³/mol. The normalized spacial score (nSPS) is 38.4. The van der Waals surface area contributed by atoms with Gasteiger partial charge < -0.3 is 14.6 Å². The smallest absolute Gasteiger partial charge is 0.309 e. The van der Waals surface area contributed by atoms with Gasteiger partial charge in [0.2, 0.25) is 0 Å². The Balaban J connectivity index is 1.76. The number of carbonyl (C=O) groups is 3. The Labute approximate surface area is 254 Å². The third kappa shape index (κ3) is 4.49. The highest BCUT2D eigenvalue weighted by Crippen LogP contribution is 2.75. The van der Waals surface area contributed by atoms with Crippen LogP contribution < -0.4 is 9.47 Å². The minimum atomic E-state index is -4.67. The second kappa shape index (κ2) is 9.64. The van der Waals surface area contributed by atoms with Crippen LogP contribution in [0.15, 0.2) is 17.7 Å². The Morgan fingerprint density at radius 1 is 0.907 bits per heavy atom. The summed E-state index contributed by atoms with van der Waals surface area (Å²) in [7, 11) is -4.67. The van der Waals surface area contributed by atoms with E-state index in [9.17, 15) is 32.5 Å². The Kier molecular flexibility index (Phi) is 7.10. The van der Waals surface area contributed by atoms with Crippen molar-refractivity contribution in [1.29, 1.82) is 0 Å². The lowest BCUT2D eigenvalue weighted by molar-refractivity contribution is -0.177. The first-order valence-corrected chi connectivity index (χ1v) is 16.6. The van der Waals surface area contributed by atoms with Crippen molar-refractivity contribution in [3.8, 4) is 11.5 Å². The molecule has 0 amide bonds. The highest BCUT2D eigenvalue weighted by Gasteiger charge is 2.67. The van der Waals surface area contributed by atoms with Gasteiger partial charge in [0.1, 0.15) is 5.25 Å². The lowest BCUT2D eigenvalue weighted by atomic mass is 9.34. The van der Waals surface area contributed by atoms with Gasteiger partial charge in [-0.15, -0.1) is 0 Å². The number of hydrogen-bond donors (Lipinski definition) is 2. The quantitative estimate of drug-likeness (QED) is 0.168. The molecule has 0 radical (unpaired) electrons. The van der Waals surface area contributed by atoms with E-state index < -0.39 is 49.5 Å². The van der Waals surface area contributed by atoms with Crippen LogP contribution in [-0.4, -0.2) is 36.0 Å². The number of rotatable bonds is 4. The Morgan fingerprint density at radius 3 is 2.07 bits per heavy atom. The lowest BCUT2D eigenvalue weighted by Crippen LogP contribution is -2.62. The molecule has 3 saturated carbocycles. The van der Waals surface area contributed by atoms with Gasteiger partial charge in [0.25, 0.3) is 10.1 Å². The summed E-state index contributed by atoms with van der Waals surface area (Å²) in [5, 5.41) is 8.77. The van der Waals surface area contributed by atoms with Crippen molar-refractivity contribution in [2.45, 2.75) is 111 Å². The third-order valence-electron chi connectivity index (χ3n) is 12.4. The molecule has 5 rings (SSSR count). The number of benzene rings is 1. The highest BCUT2D eigenvalue weighted by atomic mass is 32.2. The zero-order chi connectivity index (χ0) is 32.1. The Bertz CT molecular complexity index is 1580. The molecule has 1 aromatic rings. The van der Waals surface area contributed by atoms with Crippen molar-refractivity contribution >= 4 is 28.0 Å². The summed E-state index contributed by atoms with van der Waals surface area (Å²) >= 11 is 0. The van der Waals surface area contributed by atoms with Crippen molar-refractivity contribution in [3.05, 3.63) is 34.4 Å². The molecule has 9 nitrogen and oxygen atoms in total. The molecule has 2 N–H and O–H groups in total. The first kappa shape index (κ1) is 31.7. The summed E-state index contributed by atoms with van der Waals surface area (Å²) in [6.45, 7) is 14.7. The zero-order valence-corrected chi connectivity index (χ0v) is 27.2. The van der Waals surface area contributed by atoms with Gasteiger partial charge in [-0.1, -0.05) is 39.3 Å². The number of fused-ring (bicyclic) bond motifs is 7. The summed E-state index contributed by atoms with van der Waals surface area (Å²) in [6, 6.07) is 1.61. The fourth-order valence-electron chi connectivity index (χ4n) is 9.60. The molecule has 0 spiro atoms. The van der Waals surface area contributed by atoms with Gasteiger partial charge in [0, 0.05) is 24.8 Å². The van der Waals surface area contributed by atoms with Gasteiger partial charge in [-0.3, -0.25) is 18.9 Å². The monoisotopic (exact) mass is 616 g/mol. The summed E-state index contributed by atoms with van der Waals surface area (Å²) in [4.78, 5) is 36.6. The molecule has 0 aromatic heterocycles. The summed E-state index contributed by atoms with van der Waals surface area (Å²) < 4.78 is 47.8. The fourth-order valence-corrected chi connectivity index (χ4v) is 10.5. The average Bonchev–Trinajstić information content (AvgIpc) is 2.88. The van der Waals surface area contributed by atoms with Gasteiger partial charge in [-0.2, -0.15) is 8.42 Å². The number of esters is 2. The van der Waals surface area contributed by atoms with Crippen LogP contribution in [-0.2, 0) is 29.9 Å². The summed E-state index contributed by atoms with van der Waals surface area (Å²) in [6.07, 6.45) is 6.78. The number of carboxylic acid groups (broad SMARTS) is 1. The molecule has 0 aliphatic heterocycles. The average molecular weight is 617 g/mol. The van der Waals surface area contributed by atoms with E-state index in [1.165, 1.54) is 13.8 Å². The van der Waals surface area contributed by atoms with Crippen molar-refractivity contribution in [1.82, 2.24) is 0 Å². The van der Waals surface area contributed by atoms with E-state index in [2.05, 4.69) is 27.7 Å². The standard InChI is InChI=1S/C33H44O9S/c1-18-26-21(15-22(41-19(2)34)27(18)42-20(3)35)31(6)12-14-33(8)25-17-30(5,28(36)37)10-9-29(25,4)11-13-32(33,7)24(31)16-23(26)43(38,39)40/h15-16,23,25H,9-14,17H2,1-8H3,(H,36,37)(H,38,39,40)/t23?,25-,29-,30-,31+,32-,33+/m1/s1. The van der Waals surface area contributed by atoms with E-state index in [1.54, 1.807) is 19.1 Å². The molecule has 1 unspecified atom stereocenters. The minimum Gasteiger partial charge on any atom is -0.481 e. The number of allylic oxidation sites excluding steroid dienone is 1. The van der Waals surface area contributed by atoms with Crippen LogP contribution in [0.25, 0.3) is 0 Å². The molecule has 43 heavy (non-hydrogen) atoms. The van der Waals surface area contributed by atoms with Gasteiger partial charge in [-0.25, -0.2) is 0 Å². The molecule has 236 valence electrons. The van der Waals surface area contributed by atoms with Crippen LogP contribution >= 0.6 is 0 Å². The SMILES string of the molecule is CC(=O)Oc1cc2c(c(C)c1OC(C)=O)C(S(=O)(=O)O)C=C1[C@@]2(C)CC[C@@]2(C)[C@@H]3C[C@](C)(C(=O)O)CC[C@]3(C)CC[C@]12C. The maximum atomic E-state index is 13.1. The van der Waals surface area contributed by atoms with E-state index in [4.69, 9.17) is 9.47 Å². The summed E-state index contributed by atoms with van der Waals surface area (Å²) in [5.41, 5.74) is -0.245. The van der Waals surface area contributed by atoms with Crippen LogP contribution in [0.2, 0.25) is 0 Å². The Hall–Kier alpha value is -2.72. The second-order valence-corrected chi connectivity index (χ2v) is 16.4. The molecule has 0 heterocycles. The first-order chi connectivity index (χ1) is 19.6. The number of carbonyl (C=O) groups excluding carboxylic acids is 2. The van der Waals surface area contributed by atoms with Crippen LogP contribution in [0.3, 0.4) is 0 Å². The van der Waals surface area contributed by atoms with Crippen molar-refractivity contribution in [3.63, 3.8) is 0 Å². The molecule has 4 aliphatic carbocycles. The van der Waals surface area contributed by atoms with Gasteiger partial charge in [0.05, 0.1) is 5.41 Å². The molecular weight excluding hydrogens is 572 g/mol. The van der Waals surface area contributed by atoms with Crippen LogP contribution in [0.1, 0.15) is 115 Å². The minimum absolute atomic E-state index is 0.0229. The third-order valence-corrected chi connectivity index (χ3v) is 13.4. The molecule has 10 heteroatoms. The van der Waals surface area contributed by atoms with Gasteiger partial charge >= 0.3 is 17.9 Å². The maximum absolute atomic E-state index is 13.1. The molecule has 7 atom stereocenters. The largest absolute Gasteiger partial charge is 0.481 e. The van der Waals surface area contributed by atoms with Crippen LogP contribution in [0.4, 0.5) is 0 Å². The molecule has 3 fully saturated rings. The number of carboxylic acids is 1. The van der Waals surface area contributed by atoms with Crippen molar-refractivity contribution in [2.24, 2.45) is 27.6 Å². The van der Waals surface area contributed by atoms with E-state index in [1.807, 2.05) is 6.92 Å². The Morgan fingerprint density at radius 2 is 1.51 bits per heavy atom. The molecular formula is C33H44O9S. The van der Waals surface area contributed by atoms with Crippen LogP contribution in [0.5, 0.6) is 11.5 Å².